The van der Waals surface area contributed by atoms with Gasteiger partial charge in [-0.2, -0.15) is 4.31 Å². The van der Waals surface area contributed by atoms with Crippen LogP contribution in [0.5, 0.6) is 0 Å². The molecule has 8 heteroatoms. The van der Waals surface area contributed by atoms with E-state index in [1.165, 1.54) is 17.5 Å². The van der Waals surface area contributed by atoms with Crippen LogP contribution in [-0.4, -0.2) is 44.8 Å². The fourth-order valence-corrected chi connectivity index (χ4v) is 5.04. The Bertz CT molecular complexity index is 1010. The van der Waals surface area contributed by atoms with Crippen molar-refractivity contribution in [3.63, 3.8) is 0 Å². The molecule has 1 aliphatic rings. The number of methoxy groups -OCH3 is 1. The molecule has 3 rings (SSSR count). The van der Waals surface area contributed by atoms with Gasteiger partial charge in [0.15, 0.2) is 0 Å². The Morgan fingerprint density at radius 2 is 1.59 bits per heavy atom. The molecule has 7 nitrogen and oxygen atoms in total. The molecule has 0 saturated carbocycles. The fourth-order valence-electron chi connectivity index (χ4n) is 3.27. The van der Waals surface area contributed by atoms with Gasteiger partial charge in [-0.1, -0.05) is 12.5 Å². The topological polar surface area (TPSA) is 92.8 Å². The van der Waals surface area contributed by atoms with Crippen LogP contribution in [0.2, 0.25) is 0 Å². The number of piperidine rings is 1. The Kier molecular flexibility index (Phi) is 6.34. The highest BCUT2D eigenvalue weighted by atomic mass is 32.2. The van der Waals surface area contributed by atoms with Gasteiger partial charge in [-0.25, -0.2) is 13.2 Å². The summed E-state index contributed by atoms with van der Waals surface area (Å²) in [6.45, 7) is 2.74. The van der Waals surface area contributed by atoms with Gasteiger partial charge in [0.1, 0.15) is 0 Å². The molecule has 0 unspecified atom stereocenters. The van der Waals surface area contributed by atoms with Crippen molar-refractivity contribution in [2.24, 2.45) is 0 Å². The third-order valence-electron chi connectivity index (χ3n) is 4.95. The Morgan fingerprint density at radius 1 is 0.966 bits per heavy atom. The van der Waals surface area contributed by atoms with E-state index in [2.05, 4.69) is 10.1 Å². The first kappa shape index (κ1) is 21.0. The summed E-state index contributed by atoms with van der Waals surface area (Å²) in [5.74, 6) is -0.889. The molecule has 1 heterocycles. The van der Waals surface area contributed by atoms with Gasteiger partial charge in [-0.15, -0.1) is 0 Å². The monoisotopic (exact) mass is 416 g/mol. The molecule has 1 N–H and O–H groups in total. The number of nitrogens with one attached hydrogen (secondary N) is 1. The molecular weight excluding hydrogens is 392 g/mol. The van der Waals surface area contributed by atoms with E-state index in [1.807, 2.05) is 0 Å². The van der Waals surface area contributed by atoms with E-state index >= 15 is 0 Å². The lowest BCUT2D eigenvalue weighted by Crippen LogP contribution is -2.36. The van der Waals surface area contributed by atoms with Crippen LogP contribution in [0, 0.1) is 6.92 Å². The number of nitrogens with zero attached hydrogens (tertiary/aromatic N) is 1. The van der Waals surface area contributed by atoms with Crippen LogP contribution in [-0.2, 0) is 14.8 Å². The van der Waals surface area contributed by atoms with Gasteiger partial charge in [-0.05, 0) is 61.7 Å². The second-order valence-electron chi connectivity index (χ2n) is 6.97. The molecule has 0 radical (unpaired) electrons. The highest BCUT2D eigenvalue weighted by Crippen LogP contribution is 2.25. The van der Waals surface area contributed by atoms with Gasteiger partial charge in [0.25, 0.3) is 5.91 Å². The Morgan fingerprint density at radius 3 is 2.21 bits per heavy atom. The maximum Gasteiger partial charge on any atom is 0.337 e. The number of ether oxygens (including phenoxy) is 1. The average molecular weight is 416 g/mol. The van der Waals surface area contributed by atoms with Crippen LogP contribution < -0.4 is 5.32 Å². The summed E-state index contributed by atoms with van der Waals surface area (Å²) < 4.78 is 32.2. The van der Waals surface area contributed by atoms with Crippen molar-refractivity contribution in [3.8, 4) is 0 Å². The summed E-state index contributed by atoms with van der Waals surface area (Å²) in [5, 5.41) is 2.72. The molecule has 0 atom stereocenters. The SMILES string of the molecule is COC(=O)c1ccc(NC(=O)c2ccc(C)c(S(=O)(=O)N3CCCCC3)c2)cc1. The zero-order chi connectivity index (χ0) is 21.0. The van der Waals surface area contributed by atoms with E-state index < -0.39 is 21.9 Å². The number of aryl methyl sites for hydroxylation is 1. The standard InChI is InChI=1S/C21H24N2O5S/c1-15-6-7-17(14-19(15)29(26,27)23-12-4-3-5-13-23)20(24)22-18-10-8-16(9-11-18)21(25)28-2/h6-11,14H,3-5,12-13H2,1-2H3,(H,22,24). The smallest absolute Gasteiger partial charge is 0.337 e. The van der Waals surface area contributed by atoms with Crippen molar-refractivity contribution in [1.29, 1.82) is 0 Å². The molecule has 1 saturated heterocycles. The van der Waals surface area contributed by atoms with Crippen LogP contribution in [0.1, 0.15) is 45.5 Å². The minimum absolute atomic E-state index is 0.160. The first-order chi connectivity index (χ1) is 13.8. The molecule has 1 amide bonds. The van der Waals surface area contributed by atoms with E-state index in [4.69, 9.17) is 0 Å². The molecule has 0 aliphatic carbocycles. The molecule has 0 bridgehead atoms. The van der Waals surface area contributed by atoms with Gasteiger partial charge in [-0.3, -0.25) is 4.79 Å². The van der Waals surface area contributed by atoms with Crippen molar-refractivity contribution >= 4 is 27.6 Å². The summed E-state index contributed by atoms with van der Waals surface area (Å²) in [5.41, 5.74) is 1.72. The molecule has 2 aromatic carbocycles. The number of carbonyl (C=O) groups excluding carboxylic acids is 2. The minimum Gasteiger partial charge on any atom is -0.465 e. The van der Waals surface area contributed by atoms with E-state index in [0.717, 1.165) is 19.3 Å². The first-order valence-corrected chi connectivity index (χ1v) is 10.9. The number of amides is 1. The predicted octanol–water partition coefficient (Wildman–Crippen LogP) is 3.21. The predicted molar refractivity (Wildman–Crippen MR) is 110 cm³/mol. The van der Waals surface area contributed by atoms with Gasteiger partial charge in [0, 0.05) is 24.3 Å². The van der Waals surface area contributed by atoms with Crippen molar-refractivity contribution in [3.05, 3.63) is 59.2 Å². The molecular formula is C21H24N2O5S. The van der Waals surface area contributed by atoms with Crippen LogP contribution in [0.15, 0.2) is 47.4 Å². The van der Waals surface area contributed by atoms with E-state index in [0.29, 0.717) is 29.9 Å². The van der Waals surface area contributed by atoms with Crippen LogP contribution in [0.25, 0.3) is 0 Å². The van der Waals surface area contributed by atoms with Gasteiger partial charge in [0.2, 0.25) is 10.0 Å². The number of benzene rings is 2. The van der Waals surface area contributed by atoms with E-state index in [-0.39, 0.29) is 10.5 Å². The maximum absolute atomic E-state index is 13.0. The summed E-state index contributed by atoms with van der Waals surface area (Å²) >= 11 is 0. The lowest BCUT2D eigenvalue weighted by atomic mass is 10.1. The molecule has 0 aromatic heterocycles. The second kappa shape index (κ2) is 8.75. The van der Waals surface area contributed by atoms with Crippen molar-refractivity contribution < 1.29 is 22.7 Å². The summed E-state index contributed by atoms with van der Waals surface area (Å²) in [7, 11) is -2.34. The molecule has 2 aromatic rings. The largest absolute Gasteiger partial charge is 0.465 e. The van der Waals surface area contributed by atoms with Crippen LogP contribution in [0.4, 0.5) is 5.69 Å². The maximum atomic E-state index is 13.0. The second-order valence-corrected chi connectivity index (χ2v) is 8.87. The Hall–Kier alpha value is -2.71. The lowest BCUT2D eigenvalue weighted by Gasteiger charge is -2.26. The van der Waals surface area contributed by atoms with Gasteiger partial charge < -0.3 is 10.1 Å². The first-order valence-electron chi connectivity index (χ1n) is 9.43. The number of carbonyl (C=O) groups is 2. The summed E-state index contributed by atoms with van der Waals surface area (Å²) in [6, 6.07) is 10.9. The zero-order valence-corrected chi connectivity index (χ0v) is 17.3. The van der Waals surface area contributed by atoms with Crippen molar-refractivity contribution in [2.75, 3.05) is 25.5 Å². The number of sulfonamides is 1. The van der Waals surface area contributed by atoms with Crippen LogP contribution >= 0.6 is 0 Å². The van der Waals surface area contributed by atoms with Gasteiger partial charge >= 0.3 is 5.97 Å². The fraction of sp³-hybridized carbons (Fsp3) is 0.333. The highest BCUT2D eigenvalue weighted by Gasteiger charge is 2.28. The number of hydrogen-bond donors (Lipinski definition) is 1. The molecule has 154 valence electrons. The van der Waals surface area contributed by atoms with Crippen molar-refractivity contribution in [2.45, 2.75) is 31.1 Å². The minimum atomic E-state index is -3.64. The number of esters is 1. The third-order valence-corrected chi connectivity index (χ3v) is 6.99. The molecule has 29 heavy (non-hydrogen) atoms. The quantitative estimate of drug-likeness (QED) is 0.756. The lowest BCUT2D eigenvalue weighted by molar-refractivity contribution is 0.0600. The van der Waals surface area contributed by atoms with Crippen LogP contribution in [0.3, 0.4) is 0 Å². The molecule has 1 fully saturated rings. The number of rotatable bonds is 5. The Labute approximate surface area is 170 Å². The van der Waals surface area contributed by atoms with E-state index in [9.17, 15) is 18.0 Å². The third kappa shape index (κ3) is 4.65. The summed E-state index contributed by atoms with van der Waals surface area (Å²) in [6.07, 6.45) is 2.72. The number of hydrogen-bond acceptors (Lipinski definition) is 5. The highest BCUT2D eigenvalue weighted by molar-refractivity contribution is 7.89. The summed E-state index contributed by atoms with van der Waals surface area (Å²) in [4.78, 5) is 24.3. The van der Waals surface area contributed by atoms with E-state index in [1.54, 1.807) is 43.3 Å². The molecule has 1 aliphatic heterocycles. The normalized spacial score (nSPS) is 15.0. The Balaban J connectivity index is 1.81. The average Bonchev–Trinajstić information content (AvgIpc) is 2.74. The number of anilines is 1. The van der Waals surface area contributed by atoms with Crippen molar-refractivity contribution in [1.82, 2.24) is 4.31 Å². The van der Waals surface area contributed by atoms with Gasteiger partial charge in [0.05, 0.1) is 17.6 Å². The molecule has 0 spiro atoms. The zero-order valence-electron chi connectivity index (χ0n) is 16.5.